The molecule has 88 valence electrons. The molecule has 0 saturated carbocycles. The second-order valence-corrected chi connectivity index (χ2v) is 3.59. The van der Waals surface area contributed by atoms with Gasteiger partial charge in [-0.25, -0.2) is 4.39 Å². The second-order valence-electron chi connectivity index (χ2n) is 3.59. The van der Waals surface area contributed by atoms with E-state index in [4.69, 9.17) is 4.74 Å². The zero-order valence-electron chi connectivity index (χ0n) is 9.57. The third-order valence-electron chi connectivity index (χ3n) is 2.37. The first-order valence-electron chi connectivity index (χ1n) is 5.14. The molecule has 0 aromatic heterocycles. The summed E-state index contributed by atoms with van der Waals surface area (Å²) in [5, 5.41) is 0. The van der Waals surface area contributed by atoms with Crippen LogP contribution in [0, 0.1) is 5.82 Å². The van der Waals surface area contributed by atoms with Gasteiger partial charge in [0.05, 0.1) is 0 Å². The molecule has 0 amide bonds. The van der Waals surface area contributed by atoms with Gasteiger partial charge in [0.1, 0.15) is 5.82 Å². The molecule has 0 spiro atoms. The second kappa shape index (κ2) is 6.23. The molecular formula is C12H16FNO2. The van der Waals surface area contributed by atoms with E-state index in [1.807, 2.05) is 11.9 Å². The average Bonchev–Trinajstić information content (AvgIpc) is 2.29. The van der Waals surface area contributed by atoms with Crippen LogP contribution < -0.4 is 4.90 Å². The Bertz CT molecular complexity index is 355. The number of carbonyl (C=O) groups is 1. The number of methoxy groups -OCH3 is 1. The minimum Gasteiger partial charge on any atom is -0.385 e. The van der Waals surface area contributed by atoms with E-state index in [2.05, 4.69) is 0 Å². The van der Waals surface area contributed by atoms with Gasteiger partial charge in [-0.2, -0.15) is 0 Å². The number of rotatable bonds is 6. The van der Waals surface area contributed by atoms with Crippen molar-refractivity contribution in [1.82, 2.24) is 0 Å². The average molecular weight is 225 g/mol. The minimum absolute atomic E-state index is 0.375. The molecule has 1 aromatic carbocycles. The Morgan fingerprint density at radius 2 is 2.25 bits per heavy atom. The third-order valence-corrected chi connectivity index (χ3v) is 2.37. The van der Waals surface area contributed by atoms with Crippen LogP contribution in [0.3, 0.4) is 0 Å². The largest absolute Gasteiger partial charge is 0.385 e. The van der Waals surface area contributed by atoms with E-state index in [1.54, 1.807) is 13.2 Å². The summed E-state index contributed by atoms with van der Waals surface area (Å²) in [6, 6.07) is 4.22. The fraction of sp³-hybridized carbons (Fsp3) is 0.417. The summed E-state index contributed by atoms with van der Waals surface area (Å²) in [5.74, 6) is -0.392. The van der Waals surface area contributed by atoms with Gasteiger partial charge in [0.2, 0.25) is 0 Å². The van der Waals surface area contributed by atoms with Crippen LogP contribution in [0.5, 0.6) is 0 Å². The van der Waals surface area contributed by atoms with Gasteiger partial charge in [-0.3, -0.25) is 4.79 Å². The predicted octanol–water partition coefficient (Wildman–Crippen LogP) is 2.11. The van der Waals surface area contributed by atoms with Gasteiger partial charge in [-0.05, 0) is 24.6 Å². The molecule has 0 unspecified atom stereocenters. The van der Waals surface area contributed by atoms with E-state index < -0.39 is 5.82 Å². The van der Waals surface area contributed by atoms with Crippen molar-refractivity contribution < 1.29 is 13.9 Å². The van der Waals surface area contributed by atoms with Gasteiger partial charge in [-0.15, -0.1) is 0 Å². The van der Waals surface area contributed by atoms with E-state index >= 15 is 0 Å². The van der Waals surface area contributed by atoms with Crippen LogP contribution in [-0.4, -0.2) is 33.6 Å². The predicted molar refractivity (Wildman–Crippen MR) is 61.6 cm³/mol. The lowest BCUT2D eigenvalue weighted by atomic mass is 10.1. The number of hydrogen-bond donors (Lipinski definition) is 0. The fourth-order valence-electron chi connectivity index (χ4n) is 1.53. The van der Waals surface area contributed by atoms with Gasteiger partial charge in [0.25, 0.3) is 0 Å². The van der Waals surface area contributed by atoms with Gasteiger partial charge < -0.3 is 9.64 Å². The Morgan fingerprint density at radius 3 is 2.88 bits per heavy atom. The fourth-order valence-corrected chi connectivity index (χ4v) is 1.53. The van der Waals surface area contributed by atoms with Crippen LogP contribution in [0.2, 0.25) is 0 Å². The number of ether oxygens (including phenoxy) is 1. The highest BCUT2D eigenvalue weighted by atomic mass is 19.1. The van der Waals surface area contributed by atoms with Crippen molar-refractivity contribution in [3.63, 3.8) is 0 Å². The molecule has 16 heavy (non-hydrogen) atoms. The van der Waals surface area contributed by atoms with Crippen molar-refractivity contribution in [3.05, 3.63) is 29.6 Å². The van der Waals surface area contributed by atoms with Crippen LogP contribution >= 0.6 is 0 Å². The number of carbonyl (C=O) groups excluding carboxylic acids is 1. The Hall–Kier alpha value is -1.42. The van der Waals surface area contributed by atoms with Crippen molar-refractivity contribution in [3.8, 4) is 0 Å². The summed E-state index contributed by atoms with van der Waals surface area (Å²) in [4.78, 5) is 12.7. The number of benzene rings is 1. The molecule has 3 nitrogen and oxygen atoms in total. The van der Waals surface area contributed by atoms with E-state index in [-0.39, 0.29) is 0 Å². The summed E-state index contributed by atoms with van der Waals surface area (Å²) in [7, 11) is 3.52. The molecular weight excluding hydrogens is 209 g/mol. The summed E-state index contributed by atoms with van der Waals surface area (Å²) in [6.45, 7) is 1.43. The highest BCUT2D eigenvalue weighted by Crippen LogP contribution is 2.19. The molecule has 0 radical (unpaired) electrons. The molecule has 0 aliphatic carbocycles. The van der Waals surface area contributed by atoms with Crippen LogP contribution in [0.15, 0.2) is 18.2 Å². The lowest BCUT2D eigenvalue weighted by Crippen LogP contribution is -2.21. The maximum atomic E-state index is 12.9. The van der Waals surface area contributed by atoms with E-state index in [9.17, 15) is 9.18 Å². The van der Waals surface area contributed by atoms with Crippen LogP contribution in [0.4, 0.5) is 10.1 Å². The van der Waals surface area contributed by atoms with Crippen LogP contribution in [-0.2, 0) is 4.74 Å². The Balaban J connectivity index is 2.74. The SMILES string of the molecule is COCCCN(C)c1ccc(F)cc1C=O. The van der Waals surface area contributed by atoms with Gasteiger partial charge in [-0.1, -0.05) is 0 Å². The van der Waals surface area contributed by atoms with Crippen molar-refractivity contribution in [1.29, 1.82) is 0 Å². The summed E-state index contributed by atoms with van der Waals surface area (Å²) < 4.78 is 17.9. The number of nitrogens with zero attached hydrogens (tertiary/aromatic N) is 1. The van der Waals surface area contributed by atoms with Crippen molar-refractivity contribution in [2.75, 3.05) is 32.2 Å². The van der Waals surface area contributed by atoms with Gasteiger partial charge in [0.15, 0.2) is 6.29 Å². The molecule has 0 atom stereocenters. The smallest absolute Gasteiger partial charge is 0.152 e. The Kier molecular flexibility index (Phi) is 4.92. The van der Waals surface area contributed by atoms with Crippen molar-refractivity contribution in [2.45, 2.75) is 6.42 Å². The molecule has 0 aliphatic rings. The van der Waals surface area contributed by atoms with Gasteiger partial charge >= 0.3 is 0 Å². The molecule has 0 aliphatic heterocycles. The maximum Gasteiger partial charge on any atom is 0.152 e. The molecule has 4 heteroatoms. The standard InChI is InChI=1S/C12H16FNO2/c1-14(6-3-7-16-2)12-5-4-11(13)8-10(12)9-15/h4-5,8-9H,3,6-7H2,1-2H3. The van der Waals surface area contributed by atoms with Crippen LogP contribution in [0.25, 0.3) is 0 Å². The highest BCUT2D eigenvalue weighted by Gasteiger charge is 2.07. The maximum absolute atomic E-state index is 12.9. The molecule has 0 fully saturated rings. The first-order valence-corrected chi connectivity index (χ1v) is 5.14. The molecule has 0 saturated heterocycles. The zero-order valence-corrected chi connectivity index (χ0v) is 9.57. The summed E-state index contributed by atoms with van der Waals surface area (Å²) in [5.41, 5.74) is 1.12. The molecule has 0 N–H and O–H groups in total. The third kappa shape index (κ3) is 3.31. The normalized spacial score (nSPS) is 10.2. The first-order chi connectivity index (χ1) is 7.69. The molecule has 1 aromatic rings. The number of anilines is 1. The van der Waals surface area contributed by atoms with E-state index in [1.165, 1.54) is 12.1 Å². The monoisotopic (exact) mass is 225 g/mol. The minimum atomic E-state index is -0.392. The molecule has 1 rings (SSSR count). The molecule has 0 bridgehead atoms. The Labute approximate surface area is 94.8 Å². The van der Waals surface area contributed by atoms with Crippen molar-refractivity contribution >= 4 is 12.0 Å². The summed E-state index contributed by atoms with van der Waals surface area (Å²) >= 11 is 0. The number of halogens is 1. The lowest BCUT2D eigenvalue weighted by molar-refractivity contribution is 0.112. The zero-order chi connectivity index (χ0) is 12.0. The van der Waals surface area contributed by atoms with E-state index in [0.717, 1.165) is 18.7 Å². The van der Waals surface area contributed by atoms with Crippen molar-refractivity contribution in [2.24, 2.45) is 0 Å². The topological polar surface area (TPSA) is 29.5 Å². The quantitative estimate of drug-likeness (QED) is 0.548. The van der Waals surface area contributed by atoms with E-state index in [0.29, 0.717) is 18.5 Å². The first kappa shape index (κ1) is 12.6. The lowest BCUT2D eigenvalue weighted by Gasteiger charge is -2.20. The molecule has 0 heterocycles. The number of hydrogen-bond acceptors (Lipinski definition) is 3. The summed E-state index contributed by atoms with van der Waals surface area (Å²) in [6.07, 6.45) is 1.54. The van der Waals surface area contributed by atoms with Crippen LogP contribution in [0.1, 0.15) is 16.8 Å². The highest BCUT2D eigenvalue weighted by molar-refractivity contribution is 5.84. The number of aldehydes is 1. The Morgan fingerprint density at radius 1 is 1.50 bits per heavy atom. The van der Waals surface area contributed by atoms with Gasteiger partial charge in [0, 0.05) is 38.6 Å².